The maximum Gasteiger partial charge on any atom is 0.341 e. The van der Waals surface area contributed by atoms with Gasteiger partial charge in [-0.1, -0.05) is 12.1 Å². The molecule has 6 heteroatoms. The summed E-state index contributed by atoms with van der Waals surface area (Å²) in [6.07, 6.45) is 7.47. The van der Waals surface area contributed by atoms with Crippen LogP contribution in [0.1, 0.15) is 53.0 Å². The molecular formula is C22H26N4O2. The number of rotatable bonds is 4. The molecule has 4 rings (SSSR count). The number of nitrogens with zero attached hydrogens (tertiary/aromatic N) is 3. The summed E-state index contributed by atoms with van der Waals surface area (Å²) in [5.41, 5.74) is 4.76. The second kappa shape index (κ2) is 7.62. The van der Waals surface area contributed by atoms with Crippen molar-refractivity contribution < 1.29 is 9.53 Å². The number of imidazole rings is 1. The Morgan fingerprint density at radius 3 is 2.93 bits per heavy atom. The van der Waals surface area contributed by atoms with E-state index in [4.69, 9.17) is 4.74 Å². The van der Waals surface area contributed by atoms with Crippen LogP contribution < -0.4 is 4.90 Å². The van der Waals surface area contributed by atoms with Gasteiger partial charge in [-0.15, -0.1) is 0 Å². The van der Waals surface area contributed by atoms with E-state index in [-0.39, 0.29) is 5.97 Å². The maximum atomic E-state index is 12.7. The number of benzene rings is 1. The van der Waals surface area contributed by atoms with Crippen molar-refractivity contribution >= 4 is 22.6 Å². The molecule has 0 saturated carbocycles. The fourth-order valence-electron chi connectivity index (χ4n) is 4.10. The third kappa shape index (κ3) is 3.23. The van der Waals surface area contributed by atoms with Crippen LogP contribution in [0, 0.1) is 13.8 Å². The lowest BCUT2D eigenvalue weighted by atomic mass is 9.94. The fraction of sp³-hybridized carbons (Fsp3) is 0.409. The van der Waals surface area contributed by atoms with Crippen LogP contribution in [0.15, 0.2) is 30.7 Å². The van der Waals surface area contributed by atoms with Gasteiger partial charge in [-0.2, -0.15) is 0 Å². The molecular weight excluding hydrogens is 352 g/mol. The van der Waals surface area contributed by atoms with Gasteiger partial charge in [-0.05, 0) is 44.7 Å². The summed E-state index contributed by atoms with van der Waals surface area (Å²) < 4.78 is 5.34. The first-order valence-corrected chi connectivity index (χ1v) is 9.90. The molecule has 1 aromatic carbocycles. The molecule has 1 fully saturated rings. The summed E-state index contributed by atoms with van der Waals surface area (Å²) >= 11 is 0. The Morgan fingerprint density at radius 1 is 1.32 bits per heavy atom. The smallest absolute Gasteiger partial charge is 0.341 e. The molecule has 0 spiro atoms. The molecule has 1 atom stereocenters. The summed E-state index contributed by atoms with van der Waals surface area (Å²) in [4.78, 5) is 27.3. The van der Waals surface area contributed by atoms with Gasteiger partial charge >= 0.3 is 5.97 Å². The van der Waals surface area contributed by atoms with Crippen molar-refractivity contribution in [3.63, 3.8) is 0 Å². The van der Waals surface area contributed by atoms with E-state index in [1.165, 1.54) is 5.56 Å². The van der Waals surface area contributed by atoms with E-state index in [2.05, 4.69) is 45.8 Å². The molecule has 0 radical (unpaired) electrons. The van der Waals surface area contributed by atoms with Crippen molar-refractivity contribution in [3.8, 4) is 0 Å². The van der Waals surface area contributed by atoms with Crippen LogP contribution in [0.2, 0.25) is 0 Å². The normalized spacial score (nSPS) is 17.1. The van der Waals surface area contributed by atoms with E-state index < -0.39 is 0 Å². The van der Waals surface area contributed by atoms with Crippen LogP contribution >= 0.6 is 0 Å². The van der Waals surface area contributed by atoms with E-state index in [1.807, 2.05) is 13.1 Å². The Bertz CT molecular complexity index is 997. The van der Waals surface area contributed by atoms with Gasteiger partial charge in [-0.25, -0.2) is 9.78 Å². The molecule has 3 heterocycles. The topological polar surface area (TPSA) is 71.1 Å². The third-order valence-corrected chi connectivity index (χ3v) is 5.67. The number of H-pyrrole nitrogens is 1. The molecule has 0 bridgehead atoms. The summed E-state index contributed by atoms with van der Waals surface area (Å²) in [6, 6.07) is 4.19. The Hall–Kier alpha value is -2.89. The standard InChI is InChI=1S/C22H26N4O2/c1-4-28-22(27)18-12-25-19-15(3)14(2)7-8-17(19)20(18)26-11-5-6-16(13-26)21-23-9-10-24-21/h7-10,12,16H,4-6,11,13H2,1-3H3,(H,23,24). The van der Waals surface area contributed by atoms with E-state index in [0.29, 0.717) is 18.1 Å². The number of aryl methyl sites for hydroxylation is 2. The number of carbonyl (C=O) groups is 1. The number of nitrogens with one attached hydrogen (secondary N) is 1. The molecule has 0 amide bonds. The molecule has 1 saturated heterocycles. The molecule has 1 N–H and O–H groups in total. The highest BCUT2D eigenvalue weighted by Crippen LogP contribution is 2.36. The number of hydrogen-bond acceptors (Lipinski definition) is 5. The lowest BCUT2D eigenvalue weighted by molar-refractivity contribution is 0.0526. The monoisotopic (exact) mass is 378 g/mol. The van der Waals surface area contributed by atoms with Crippen LogP contribution in [-0.2, 0) is 4.74 Å². The highest BCUT2D eigenvalue weighted by atomic mass is 16.5. The average Bonchev–Trinajstić information content (AvgIpc) is 3.25. The first kappa shape index (κ1) is 18.5. The minimum atomic E-state index is -0.315. The second-order valence-electron chi connectivity index (χ2n) is 7.40. The van der Waals surface area contributed by atoms with Gasteiger partial charge in [0.2, 0.25) is 0 Å². The first-order chi connectivity index (χ1) is 13.6. The molecule has 6 nitrogen and oxygen atoms in total. The number of carbonyl (C=O) groups excluding carboxylic acids is 1. The molecule has 0 aliphatic carbocycles. The van der Waals surface area contributed by atoms with E-state index in [9.17, 15) is 4.79 Å². The van der Waals surface area contributed by atoms with Gasteiger partial charge in [0.25, 0.3) is 0 Å². The lowest BCUT2D eigenvalue weighted by Crippen LogP contribution is -2.36. The Balaban J connectivity index is 1.83. The highest BCUT2D eigenvalue weighted by molar-refractivity contribution is 6.06. The number of aromatic amines is 1. The van der Waals surface area contributed by atoms with Crippen LogP contribution in [0.4, 0.5) is 5.69 Å². The zero-order chi connectivity index (χ0) is 19.7. The minimum Gasteiger partial charge on any atom is -0.462 e. The van der Waals surface area contributed by atoms with Crippen molar-refractivity contribution in [2.75, 3.05) is 24.6 Å². The predicted molar refractivity (Wildman–Crippen MR) is 110 cm³/mol. The molecule has 1 unspecified atom stereocenters. The number of anilines is 1. The Kier molecular flexibility index (Phi) is 5.03. The van der Waals surface area contributed by atoms with Crippen molar-refractivity contribution in [3.05, 3.63) is 53.2 Å². The largest absolute Gasteiger partial charge is 0.462 e. The van der Waals surface area contributed by atoms with E-state index in [1.54, 1.807) is 12.4 Å². The average molecular weight is 378 g/mol. The summed E-state index contributed by atoms with van der Waals surface area (Å²) in [5, 5.41) is 1.01. The lowest BCUT2D eigenvalue weighted by Gasteiger charge is -2.35. The van der Waals surface area contributed by atoms with Crippen LogP contribution in [-0.4, -0.2) is 40.6 Å². The van der Waals surface area contributed by atoms with Crippen molar-refractivity contribution in [1.29, 1.82) is 0 Å². The van der Waals surface area contributed by atoms with Gasteiger partial charge in [0.1, 0.15) is 11.4 Å². The molecule has 3 aromatic rings. The van der Waals surface area contributed by atoms with E-state index in [0.717, 1.165) is 53.9 Å². The SMILES string of the molecule is CCOC(=O)c1cnc2c(C)c(C)ccc2c1N1CCCC(c2ncc[nH]2)C1. The molecule has 1 aliphatic rings. The molecule has 1 aliphatic heterocycles. The zero-order valence-corrected chi connectivity index (χ0v) is 16.7. The summed E-state index contributed by atoms with van der Waals surface area (Å²) in [7, 11) is 0. The number of hydrogen-bond donors (Lipinski definition) is 1. The second-order valence-corrected chi connectivity index (χ2v) is 7.40. The molecule has 146 valence electrons. The number of aromatic nitrogens is 3. The molecule has 28 heavy (non-hydrogen) atoms. The number of esters is 1. The zero-order valence-electron chi connectivity index (χ0n) is 16.7. The van der Waals surface area contributed by atoms with Crippen LogP contribution in [0.5, 0.6) is 0 Å². The summed E-state index contributed by atoms with van der Waals surface area (Å²) in [5.74, 6) is 1.01. The van der Waals surface area contributed by atoms with Crippen molar-refractivity contribution in [2.45, 2.75) is 39.5 Å². The number of pyridine rings is 1. The predicted octanol–water partition coefficient (Wildman–Crippen LogP) is 4.14. The molecule has 2 aromatic heterocycles. The van der Waals surface area contributed by atoms with Gasteiger partial charge in [0.15, 0.2) is 0 Å². The van der Waals surface area contributed by atoms with Gasteiger partial charge < -0.3 is 14.6 Å². The first-order valence-electron chi connectivity index (χ1n) is 9.90. The van der Waals surface area contributed by atoms with Crippen molar-refractivity contribution in [2.24, 2.45) is 0 Å². The van der Waals surface area contributed by atoms with Crippen molar-refractivity contribution in [1.82, 2.24) is 15.0 Å². The van der Waals surface area contributed by atoms with Crippen LogP contribution in [0.25, 0.3) is 10.9 Å². The van der Waals surface area contributed by atoms with E-state index >= 15 is 0 Å². The number of fused-ring (bicyclic) bond motifs is 1. The number of ether oxygens (including phenoxy) is 1. The number of piperidine rings is 1. The van der Waals surface area contributed by atoms with Gasteiger partial charge in [-0.3, -0.25) is 4.98 Å². The van der Waals surface area contributed by atoms with Gasteiger partial charge in [0, 0.05) is 43.0 Å². The van der Waals surface area contributed by atoms with Gasteiger partial charge in [0.05, 0.1) is 17.8 Å². The maximum absolute atomic E-state index is 12.7. The Morgan fingerprint density at radius 2 is 2.18 bits per heavy atom. The Labute approximate surface area is 164 Å². The van der Waals surface area contributed by atoms with Crippen LogP contribution in [0.3, 0.4) is 0 Å². The third-order valence-electron chi connectivity index (χ3n) is 5.67. The quantitative estimate of drug-likeness (QED) is 0.691. The highest BCUT2D eigenvalue weighted by Gasteiger charge is 2.28. The minimum absolute atomic E-state index is 0.313. The summed E-state index contributed by atoms with van der Waals surface area (Å²) in [6.45, 7) is 8.05. The fourth-order valence-corrected chi connectivity index (χ4v) is 4.10.